The molecule has 0 spiro atoms. The van der Waals surface area contributed by atoms with E-state index in [1.165, 1.54) is 18.4 Å². The van der Waals surface area contributed by atoms with Crippen LogP contribution < -0.4 is 10.3 Å². The van der Waals surface area contributed by atoms with Crippen molar-refractivity contribution in [1.82, 2.24) is 19.5 Å². The highest BCUT2D eigenvalue weighted by Gasteiger charge is 2.26. The molecule has 4 rings (SSSR count). The molecule has 1 N–H and O–H groups in total. The Morgan fingerprint density at radius 1 is 1.26 bits per heavy atom. The number of piperidine rings is 1. The summed E-state index contributed by atoms with van der Waals surface area (Å²) >= 11 is 0. The minimum Gasteiger partial charge on any atom is -0.496 e. The van der Waals surface area contributed by atoms with Crippen LogP contribution in [0.2, 0.25) is 0 Å². The van der Waals surface area contributed by atoms with Crippen molar-refractivity contribution in [3.05, 3.63) is 63.7 Å². The summed E-state index contributed by atoms with van der Waals surface area (Å²) in [6.45, 7) is 3.87. The van der Waals surface area contributed by atoms with Crippen LogP contribution in [0.1, 0.15) is 49.2 Å². The third-order valence-corrected chi connectivity index (χ3v) is 5.42. The quantitative estimate of drug-likeness (QED) is 0.752. The molecule has 0 unspecified atom stereocenters. The van der Waals surface area contributed by atoms with Crippen LogP contribution >= 0.6 is 0 Å². The Morgan fingerprint density at radius 3 is 2.93 bits per heavy atom. The van der Waals surface area contributed by atoms with Crippen LogP contribution in [0.5, 0.6) is 5.75 Å². The number of H-pyrrole nitrogens is 1. The second kappa shape index (κ2) is 7.56. The lowest BCUT2D eigenvalue weighted by molar-refractivity contribution is 0.135. The lowest BCUT2D eigenvalue weighted by Crippen LogP contribution is -2.33. The van der Waals surface area contributed by atoms with E-state index in [1.807, 2.05) is 25.1 Å². The number of aryl methyl sites for hydroxylation is 1. The third kappa shape index (κ3) is 3.49. The molecular formula is C21H26N4O2. The maximum absolute atomic E-state index is 12.4. The highest BCUT2D eigenvalue weighted by Crippen LogP contribution is 2.33. The van der Waals surface area contributed by atoms with Gasteiger partial charge in [-0.05, 0) is 31.9 Å². The Bertz CT molecular complexity index is 991. The number of methoxy groups -OCH3 is 1. The number of nitrogens with zero attached hydrogens (tertiary/aromatic N) is 3. The summed E-state index contributed by atoms with van der Waals surface area (Å²) in [6.07, 6.45) is 4.20. The predicted molar refractivity (Wildman–Crippen MR) is 105 cm³/mol. The van der Waals surface area contributed by atoms with Crippen molar-refractivity contribution in [2.24, 2.45) is 0 Å². The molecule has 0 aliphatic carbocycles. The average Bonchev–Trinajstić information content (AvgIpc) is 3.13. The van der Waals surface area contributed by atoms with Crippen LogP contribution in [0.25, 0.3) is 5.65 Å². The van der Waals surface area contributed by atoms with E-state index in [0.717, 1.165) is 43.1 Å². The number of hydrogen-bond acceptors (Lipinski definition) is 4. The van der Waals surface area contributed by atoms with Crippen LogP contribution in [-0.2, 0) is 13.0 Å². The fourth-order valence-corrected chi connectivity index (χ4v) is 4.00. The first-order valence-corrected chi connectivity index (χ1v) is 9.67. The summed E-state index contributed by atoms with van der Waals surface area (Å²) in [7, 11) is 1.72. The molecule has 1 aliphatic rings. The Morgan fingerprint density at radius 2 is 2.11 bits per heavy atom. The number of aromatic nitrogens is 3. The largest absolute Gasteiger partial charge is 0.496 e. The van der Waals surface area contributed by atoms with Gasteiger partial charge < -0.3 is 4.74 Å². The van der Waals surface area contributed by atoms with Gasteiger partial charge in [0.1, 0.15) is 5.75 Å². The summed E-state index contributed by atoms with van der Waals surface area (Å²) in [5.41, 5.74) is 3.74. The zero-order valence-corrected chi connectivity index (χ0v) is 15.9. The SMILES string of the molecule is CCc1cc(=O)n2[nH]c([C@H]3CCCCN3Cc3ccccc3OC)cc2n1. The number of ether oxygens (including phenoxy) is 1. The summed E-state index contributed by atoms with van der Waals surface area (Å²) in [4.78, 5) is 19.4. The number of hydrogen-bond donors (Lipinski definition) is 1. The van der Waals surface area contributed by atoms with Gasteiger partial charge in [0.15, 0.2) is 5.65 Å². The van der Waals surface area contributed by atoms with E-state index >= 15 is 0 Å². The Balaban J connectivity index is 1.67. The number of fused-ring (bicyclic) bond motifs is 1. The zero-order chi connectivity index (χ0) is 18.8. The number of likely N-dealkylation sites (tertiary alicyclic amines) is 1. The summed E-state index contributed by atoms with van der Waals surface area (Å²) in [5, 5.41) is 3.30. The Hall–Kier alpha value is -2.60. The molecule has 2 aromatic heterocycles. The van der Waals surface area contributed by atoms with E-state index in [2.05, 4.69) is 27.1 Å². The van der Waals surface area contributed by atoms with Crippen molar-refractivity contribution in [1.29, 1.82) is 0 Å². The van der Waals surface area contributed by atoms with Gasteiger partial charge in [0.25, 0.3) is 5.56 Å². The number of nitrogens with one attached hydrogen (secondary N) is 1. The van der Waals surface area contributed by atoms with E-state index in [-0.39, 0.29) is 11.6 Å². The van der Waals surface area contributed by atoms with Crippen molar-refractivity contribution >= 4 is 5.65 Å². The fourth-order valence-electron chi connectivity index (χ4n) is 4.00. The molecule has 1 saturated heterocycles. The second-order valence-corrected chi connectivity index (χ2v) is 7.14. The van der Waals surface area contributed by atoms with Crippen LogP contribution in [0.3, 0.4) is 0 Å². The molecule has 1 aromatic carbocycles. The molecular weight excluding hydrogens is 340 g/mol. The van der Waals surface area contributed by atoms with Crippen LogP contribution in [0.4, 0.5) is 0 Å². The van der Waals surface area contributed by atoms with Gasteiger partial charge in [0.05, 0.1) is 18.8 Å². The van der Waals surface area contributed by atoms with Gasteiger partial charge in [-0.3, -0.25) is 14.8 Å². The maximum Gasteiger partial charge on any atom is 0.272 e. The predicted octanol–water partition coefficient (Wildman–Crippen LogP) is 3.32. The van der Waals surface area contributed by atoms with Gasteiger partial charge >= 0.3 is 0 Å². The minimum absolute atomic E-state index is 0.0461. The minimum atomic E-state index is -0.0461. The van der Waals surface area contributed by atoms with Crippen molar-refractivity contribution in [2.75, 3.05) is 13.7 Å². The first-order chi connectivity index (χ1) is 13.2. The molecule has 142 valence electrons. The highest BCUT2D eigenvalue weighted by atomic mass is 16.5. The lowest BCUT2D eigenvalue weighted by Gasteiger charge is -2.35. The van der Waals surface area contributed by atoms with Crippen LogP contribution in [0.15, 0.2) is 41.2 Å². The molecule has 1 fully saturated rings. The summed E-state index contributed by atoms with van der Waals surface area (Å²) in [5.74, 6) is 0.920. The van der Waals surface area contributed by atoms with E-state index in [4.69, 9.17) is 4.74 Å². The highest BCUT2D eigenvalue weighted by molar-refractivity contribution is 5.41. The molecule has 1 atom stereocenters. The number of aromatic amines is 1. The molecule has 3 heterocycles. The second-order valence-electron chi connectivity index (χ2n) is 7.14. The molecule has 3 aromatic rings. The van der Waals surface area contributed by atoms with Gasteiger partial charge in [0.2, 0.25) is 0 Å². The summed E-state index contributed by atoms with van der Waals surface area (Å²) < 4.78 is 7.09. The third-order valence-electron chi connectivity index (χ3n) is 5.42. The molecule has 0 amide bonds. The topological polar surface area (TPSA) is 62.6 Å². The van der Waals surface area contributed by atoms with E-state index in [1.54, 1.807) is 17.7 Å². The average molecular weight is 366 g/mol. The normalized spacial score (nSPS) is 18.1. The van der Waals surface area contributed by atoms with Crippen LogP contribution in [-0.4, -0.2) is 33.2 Å². The first-order valence-electron chi connectivity index (χ1n) is 9.67. The van der Waals surface area contributed by atoms with E-state index < -0.39 is 0 Å². The van der Waals surface area contributed by atoms with Crippen molar-refractivity contribution in [3.8, 4) is 5.75 Å². The Kier molecular flexibility index (Phi) is 4.99. The number of para-hydroxylation sites is 1. The molecule has 1 aliphatic heterocycles. The lowest BCUT2D eigenvalue weighted by atomic mass is 9.98. The van der Waals surface area contributed by atoms with Crippen molar-refractivity contribution in [3.63, 3.8) is 0 Å². The Labute approximate surface area is 158 Å². The number of benzene rings is 1. The van der Waals surface area contributed by atoms with Gasteiger partial charge in [0, 0.05) is 29.9 Å². The maximum atomic E-state index is 12.4. The molecule has 27 heavy (non-hydrogen) atoms. The van der Waals surface area contributed by atoms with E-state index in [0.29, 0.717) is 5.65 Å². The monoisotopic (exact) mass is 366 g/mol. The van der Waals surface area contributed by atoms with E-state index in [9.17, 15) is 4.79 Å². The van der Waals surface area contributed by atoms with Gasteiger partial charge in [-0.25, -0.2) is 9.50 Å². The van der Waals surface area contributed by atoms with Gasteiger partial charge in [-0.2, -0.15) is 0 Å². The molecule has 0 radical (unpaired) electrons. The van der Waals surface area contributed by atoms with Gasteiger partial charge in [-0.15, -0.1) is 0 Å². The molecule has 0 saturated carbocycles. The van der Waals surface area contributed by atoms with Gasteiger partial charge in [-0.1, -0.05) is 31.5 Å². The standard InChI is InChI=1S/C21H26N4O2/c1-3-16-12-21(26)25-20(22-16)13-17(23-25)18-9-6-7-11-24(18)14-15-8-4-5-10-19(15)27-2/h4-5,8,10,12-13,18,23H,3,6-7,9,11,14H2,1-2H3/t18-/m1/s1. The first kappa shape index (κ1) is 17.8. The van der Waals surface area contributed by atoms with Crippen molar-refractivity contribution in [2.45, 2.75) is 45.2 Å². The number of rotatable bonds is 5. The molecule has 6 nitrogen and oxygen atoms in total. The summed E-state index contributed by atoms with van der Waals surface area (Å²) in [6, 6.07) is 12.1. The zero-order valence-electron chi connectivity index (χ0n) is 15.9. The smallest absolute Gasteiger partial charge is 0.272 e. The molecule has 0 bridgehead atoms. The van der Waals surface area contributed by atoms with Crippen LogP contribution in [0, 0.1) is 0 Å². The fraction of sp³-hybridized carbons (Fsp3) is 0.429. The van der Waals surface area contributed by atoms with Crippen molar-refractivity contribution < 1.29 is 4.74 Å². The molecule has 6 heteroatoms.